The monoisotopic (exact) mass is 350 g/mol. The molecule has 2 heterocycles. The number of ketones is 1. The Morgan fingerprint density at radius 3 is 2.75 bits per heavy atom. The maximum atomic E-state index is 14.5. The number of halogens is 1. The van der Waals surface area contributed by atoms with Crippen molar-refractivity contribution in [2.75, 3.05) is 32.1 Å². The van der Waals surface area contributed by atoms with Crippen molar-refractivity contribution in [3.63, 3.8) is 0 Å². The quantitative estimate of drug-likeness (QED) is 0.763. The summed E-state index contributed by atoms with van der Waals surface area (Å²) in [5.74, 6) is -0.190. The van der Waals surface area contributed by atoms with Gasteiger partial charge in [-0.1, -0.05) is 23.9 Å². The number of hydrogen-bond donors (Lipinski definition) is 0. The topological polar surface area (TPSA) is 40.6 Å². The first-order chi connectivity index (χ1) is 11.5. The zero-order valence-electron chi connectivity index (χ0n) is 14.1. The molecule has 2 atom stereocenters. The van der Waals surface area contributed by atoms with E-state index in [1.807, 2.05) is 6.07 Å². The molecule has 2 fully saturated rings. The lowest BCUT2D eigenvalue weighted by atomic mass is 10.0. The van der Waals surface area contributed by atoms with Crippen molar-refractivity contribution >= 4 is 28.3 Å². The van der Waals surface area contributed by atoms with E-state index in [-0.39, 0.29) is 28.4 Å². The van der Waals surface area contributed by atoms with Gasteiger partial charge in [-0.15, -0.1) is 0 Å². The fraction of sp³-hybridized carbons (Fsp3) is 0.556. The zero-order valence-corrected chi connectivity index (χ0v) is 14.9. The van der Waals surface area contributed by atoms with Crippen molar-refractivity contribution in [3.8, 4) is 0 Å². The number of rotatable bonds is 5. The van der Waals surface area contributed by atoms with Crippen molar-refractivity contribution < 1.29 is 14.0 Å². The number of thioether (sulfide) groups is 1. The summed E-state index contributed by atoms with van der Waals surface area (Å²) < 4.78 is 14.5. The standard InChI is InChI=1S/C18H23FN2O2S/c1-20(2)13-8-9-21(11-13)18-12(4-3-5-14(18)19)6-7-16-15(22)10-17(23)24-16/h3-5,13,16H,6-11H2,1-2H3/t13-,16?/m0/s1. The van der Waals surface area contributed by atoms with Gasteiger partial charge in [0.25, 0.3) is 0 Å². The predicted molar refractivity (Wildman–Crippen MR) is 95.0 cm³/mol. The van der Waals surface area contributed by atoms with E-state index < -0.39 is 0 Å². The van der Waals surface area contributed by atoms with Crippen LogP contribution in [0.5, 0.6) is 0 Å². The molecular formula is C18H23FN2O2S. The van der Waals surface area contributed by atoms with Crippen LogP contribution in [0, 0.1) is 5.82 Å². The van der Waals surface area contributed by atoms with Crippen LogP contribution < -0.4 is 4.90 Å². The lowest BCUT2D eigenvalue weighted by Crippen LogP contribution is -2.32. The molecule has 1 aromatic carbocycles. The molecule has 0 bridgehead atoms. The van der Waals surface area contributed by atoms with Crippen molar-refractivity contribution in [1.29, 1.82) is 0 Å². The largest absolute Gasteiger partial charge is 0.367 e. The van der Waals surface area contributed by atoms with Crippen LogP contribution in [-0.2, 0) is 16.0 Å². The van der Waals surface area contributed by atoms with Gasteiger partial charge in [0.15, 0.2) is 10.9 Å². The minimum atomic E-state index is -0.262. The molecular weight excluding hydrogens is 327 g/mol. The first-order valence-electron chi connectivity index (χ1n) is 8.36. The van der Waals surface area contributed by atoms with E-state index in [0.717, 1.165) is 36.8 Å². The summed E-state index contributed by atoms with van der Waals surface area (Å²) in [4.78, 5) is 27.5. The summed E-state index contributed by atoms with van der Waals surface area (Å²) in [6.45, 7) is 1.66. The molecule has 0 N–H and O–H groups in total. The fourth-order valence-electron chi connectivity index (χ4n) is 3.51. The third kappa shape index (κ3) is 3.64. The number of hydrogen-bond acceptors (Lipinski definition) is 5. The minimum Gasteiger partial charge on any atom is -0.367 e. The van der Waals surface area contributed by atoms with E-state index >= 15 is 0 Å². The van der Waals surface area contributed by atoms with E-state index in [1.54, 1.807) is 6.07 Å². The number of para-hydroxylation sites is 1. The summed E-state index contributed by atoms with van der Waals surface area (Å²) in [7, 11) is 4.10. The third-order valence-corrected chi connectivity index (χ3v) is 6.10. The number of Topliss-reactive ketones (excluding diaryl/α,β-unsaturated/α-hetero) is 1. The number of carbonyl (C=O) groups is 2. The van der Waals surface area contributed by atoms with Gasteiger partial charge in [-0.2, -0.15) is 0 Å². The molecule has 0 saturated carbocycles. The van der Waals surface area contributed by atoms with Gasteiger partial charge >= 0.3 is 0 Å². The first kappa shape index (κ1) is 17.4. The first-order valence-corrected chi connectivity index (χ1v) is 9.24. The molecule has 4 nitrogen and oxygen atoms in total. The Hall–Kier alpha value is -1.40. The summed E-state index contributed by atoms with van der Waals surface area (Å²) in [6, 6.07) is 5.60. The van der Waals surface area contributed by atoms with E-state index in [9.17, 15) is 14.0 Å². The Kier molecular flexibility index (Phi) is 5.25. The van der Waals surface area contributed by atoms with Crippen molar-refractivity contribution in [1.82, 2.24) is 4.90 Å². The summed E-state index contributed by atoms with van der Waals surface area (Å²) in [5.41, 5.74) is 1.60. The molecule has 0 spiro atoms. The number of benzene rings is 1. The molecule has 3 rings (SSSR count). The number of anilines is 1. The van der Waals surface area contributed by atoms with Crippen LogP contribution in [-0.4, -0.2) is 54.3 Å². The number of likely N-dealkylation sites (N-methyl/N-ethyl adjacent to an activating group) is 1. The number of carbonyl (C=O) groups excluding carboxylic acids is 2. The second-order valence-corrected chi connectivity index (χ2v) is 8.02. The molecule has 2 aliphatic rings. The minimum absolute atomic E-state index is 0.0109. The molecule has 24 heavy (non-hydrogen) atoms. The lowest BCUT2D eigenvalue weighted by molar-refractivity contribution is -0.121. The van der Waals surface area contributed by atoms with Crippen LogP contribution in [0.4, 0.5) is 10.1 Å². The average Bonchev–Trinajstić information content (AvgIpc) is 3.12. The maximum Gasteiger partial charge on any atom is 0.197 e. The van der Waals surface area contributed by atoms with Gasteiger partial charge in [-0.3, -0.25) is 9.59 Å². The van der Waals surface area contributed by atoms with Crippen LogP contribution in [0.1, 0.15) is 24.8 Å². The van der Waals surface area contributed by atoms with Crippen LogP contribution in [0.2, 0.25) is 0 Å². The Balaban J connectivity index is 1.73. The normalized spacial score (nSPS) is 24.4. The van der Waals surface area contributed by atoms with E-state index in [0.29, 0.717) is 24.6 Å². The molecule has 1 unspecified atom stereocenters. The van der Waals surface area contributed by atoms with E-state index in [2.05, 4.69) is 23.9 Å². The van der Waals surface area contributed by atoms with Crippen molar-refractivity contribution in [2.45, 2.75) is 37.0 Å². The number of aryl methyl sites for hydroxylation is 1. The fourth-order valence-corrected chi connectivity index (χ4v) is 4.50. The Bertz CT molecular complexity index is 650. The molecule has 130 valence electrons. The van der Waals surface area contributed by atoms with Crippen LogP contribution in [0.15, 0.2) is 18.2 Å². The van der Waals surface area contributed by atoms with Crippen LogP contribution in [0.3, 0.4) is 0 Å². The van der Waals surface area contributed by atoms with Gasteiger partial charge in [0.2, 0.25) is 0 Å². The zero-order chi connectivity index (χ0) is 17.3. The lowest BCUT2D eigenvalue weighted by Gasteiger charge is -2.24. The highest BCUT2D eigenvalue weighted by molar-refractivity contribution is 8.15. The highest BCUT2D eigenvalue weighted by atomic mass is 32.2. The van der Waals surface area contributed by atoms with Crippen LogP contribution >= 0.6 is 11.8 Å². The van der Waals surface area contributed by atoms with Gasteiger partial charge in [0, 0.05) is 19.1 Å². The molecule has 0 aliphatic carbocycles. The predicted octanol–water partition coefficient (Wildman–Crippen LogP) is 2.50. The van der Waals surface area contributed by atoms with Gasteiger partial charge < -0.3 is 9.80 Å². The van der Waals surface area contributed by atoms with E-state index in [1.165, 1.54) is 6.07 Å². The summed E-state index contributed by atoms with van der Waals surface area (Å²) in [6.07, 6.45) is 2.28. The van der Waals surface area contributed by atoms with E-state index in [4.69, 9.17) is 0 Å². The van der Waals surface area contributed by atoms with Crippen molar-refractivity contribution in [3.05, 3.63) is 29.6 Å². The molecule has 0 radical (unpaired) electrons. The van der Waals surface area contributed by atoms with Crippen LogP contribution in [0.25, 0.3) is 0 Å². The molecule has 2 saturated heterocycles. The summed E-state index contributed by atoms with van der Waals surface area (Å²) >= 11 is 1.14. The number of nitrogens with zero attached hydrogens (tertiary/aromatic N) is 2. The highest BCUT2D eigenvalue weighted by Gasteiger charge is 2.32. The average molecular weight is 350 g/mol. The second kappa shape index (κ2) is 7.23. The molecule has 0 aromatic heterocycles. The third-order valence-electron chi connectivity index (χ3n) is 4.91. The maximum absolute atomic E-state index is 14.5. The Morgan fingerprint density at radius 1 is 1.33 bits per heavy atom. The smallest absolute Gasteiger partial charge is 0.197 e. The Morgan fingerprint density at radius 2 is 2.12 bits per heavy atom. The molecule has 1 aromatic rings. The van der Waals surface area contributed by atoms with Crippen molar-refractivity contribution in [2.24, 2.45) is 0 Å². The van der Waals surface area contributed by atoms with Gasteiger partial charge in [-0.25, -0.2) is 4.39 Å². The van der Waals surface area contributed by atoms with Gasteiger partial charge in [-0.05, 0) is 45.0 Å². The second-order valence-electron chi connectivity index (χ2n) is 6.76. The SMILES string of the molecule is CN(C)[C@H]1CCN(c2c(F)cccc2CCC2SC(=O)CC2=O)C1. The Labute approximate surface area is 146 Å². The highest BCUT2D eigenvalue weighted by Crippen LogP contribution is 2.33. The molecule has 0 amide bonds. The van der Waals surface area contributed by atoms with Gasteiger partial charge in [0.05, 0.1) is 17.4 Å². The summed E-state index contributed by atoms with van der Waals surface area (Å²) in [5, 5.41) is -0.306. The molecule has 2 aliphatic heterocycles. The van der Waals surface area contributed by atoms with Gasteiger partial charge in [0.1, 0.15) is 5.82 Å². The molecule has 6 heteroatoms.